The van der Waals surface area contributed by atoms with Gasteiger partial charge in [-0.05, 0) is 24.7 Å². The molecule has 0 amide bonds. The summed E-state index contributed by atoms with van der Waals surface area (Å²) in [6.07, 6.45) is 4.62. The first kappa shape index (κ1) is 12.1. The minimum Gasteiger partial charge on any atom is -0.424 e. The van der Waals surface area contributed by atoms with Crippen LogP contribution in [0.3, 0.4) is 0 Å². The van der Waals surface area contributed by atoms with Crippen molar-refractivity contribution >= 4 is 0 Å². The minimum absolute atomic E-state index is 0.391. The van der Waals surface area contributed by atoms with Gasteiger partial charge in [-0.25, -0.2) is 0 Å². The molecule has 0 spiro atoms. The van der Waals surface area contributed by atoms with Crippen molar-refractivity contribution < 1.29 is 4.42 Å². The quantitative estimate of drug-likeness (QED) is 0.872. The Morgan fingerprint density at radius 2 is 2.11 bits per heavy atom. The second-order valence-corrected chi connectivity index (χ2v) is 5.66. The Bertz CT molecular complexity index is 405. The molecule has 0 bridgehead atoms. The van der Waals surface area contributed by atoms with Crippen LogP contribution in [0.2, 0.25) is 0 Å². The third kappa shape index (κ3) is 2.29. The number of aromatic nitrogens is 2. The van der Waals surface area contributed by atoms with Gasteiger partial charge in [0.1, 0.15) is 0 Å². The molecule has 3 rings (SSSR count). The van der Waals surface area contributed by atoms with Crippen LogP contribution in [0, 0.1) is 11.8 Å². The van der Waals surface area contributed by atoms with Gasteiger partial charge in [0.15, 0.2) is 0 Å². The lowest BCUT2D eigenvalue weighted by molar-refractivity contribution is 0.257. The maximum absolute atomic E-state index is 6.22. The standard InChI is InChI=1S/C13H22N4O/c1-2-12-15-16-13(18-12)8-17-6-9-4-3-5-11(14)10(9)7-17/h9-11H,2-8,14H2,1H3. The minimum atomic E-state index is 0.391. The Kier molecular flexibility index (Phi) is 3.35. The van der Waals surface area contributed by atoms with E-state index in [1.807, 2.05) is 6.92 Å². The summed E-state index contributed by atoms with van der Waals surface area (Å²) in [6, 6.07) is 0.391. The summed E-state index contributed by atoms with van der Waals surface area (Å²) >= 11 is 0. The van der Waals surface area contributed by atoms with Crippen molar-refractivity contribution in [3.05, 3.63) is 11.8 Å². The normalized spacial score (nSPS) is 32.7. The molecule has 1 aromatic rings. The second kappa shape index (κ2) is 4.97. The predicted octanol–water partition coefficient (Wildman–Crippen LogP) is 1.19. The lowest BCUT2D eigenvalue weighted by atomic mass is 9.78. The molecule has 2 heterocycles. The van der Waals surface area contributed by atoms with Gasteiger partial charge >= 0.3 is 0 Å². The van der Waals surface area contributed by atoms with Crippen molar-refractivity contribution in [3.63, 3.8) is 0 Å². The molecule has 3 unspecified atom stereocenters. The summed E-state index contributed by atoms with van der Waals surface area (Å²) in [5, 5.41) is 8.11. The average molecular weight is 250 g/mol. The van der Waals surface area contributed by atoms with Crippen molar-refractivity contribution in [2.75, 3.05) is 13.1 Å². The van der Waals surface area contributed by atoms with E-state index in [9.17, 15) is 0 Å². The highest BCUT2D eigenvalue weighted by molar-refractivity contribution is 4.94. The maximum atomic E-state index is 6.22. The Morgan fingerprint density at radius 3 is 2.83 bits per heavy atom. The molecule has 1 aliphatic heterocycles. The molecule has 1 aliphatic carbocycles. The molecular weight excluding hydrogens is 228 g/mol. The molecule has 100 valence electrons. The van der Waals surface area contributed by atoms with Gasteiger partial charge in [0.05, 0.1) is 6.54 Å². The van der Waals surface area contributed by atoms with Crippen LogP contribution in [0.1, 0.15) is 38.0 Å². The fraction of sp³-hybridized carbons (Fsp3) is 0.846. The Hall–Kier alpha value is -0.940. The maximum Gasteiger partial charge on any atom is 0.230 e. The van der Waals surface area contributed by atoms with Gasteiger partial charge < -0.3 is 10.2 Å². The molecule has 1 saturated heterocycles. The fourth-order valence-electron chi connectivity index (χ4n) is 3.42. The Labute approximate surface area is 108 Å². The molecule has 18 heavy (non-hydrogen) atoms. The van der Waals surface area contributed by atoms with Crippen molar-refractivity contribution in [3.8, 4) is 0 Å². The zero-order chi connectivity index (χ0) is 12.5. The monoisotopic (exact) mass is 250 g/mol. The molecule has 5 heteroatoms. The molecule has 2 aliphatic rings. The van der Waals surface area contributed by atoms with Crippen LogP contribution in [0.25, 0.3) is 0 Å². The van der Waals surface area contributed by atoms with E-state index in [1.54, 1.807) is 0 Å². The molecule has 1 aromatic heterocycles. The Morgan fingerprint density at radius 1 is 1.28 bits per heavy atom. The highest BCUT2D eigenvalue weighted by Crippen LogP contribution is 2.35. The Balaban J connectivity index is 1.61. The molecule has 3 atom stereocenters. The summed E-state index contributed by atoms with van der Waals surface area (Å²) < 4.78 is 5.58. The van der Waals surface area contributed by atoms with Crippen LogP contribution in [-0.2, 0) is 13.0 Å². The van der Waals surface area contributed by atoms with Crippen LogP contribution in [0.4, 0.5) is 0 Å². The number of rotatable bonds is 3. The van der Waals surface area contributed by atoms with Gasteiger partial charge in [0, 0.05) is 25.6 Å². The van der Waals surface area contributed by atoms with E-state index < -0.39 is 0 Å². The van der Waals surface area contributed by atoms with Crippen molar-refractivity contribution in [2.24, 2.45) is 17.6 Å². The number of hydrogen-bond donors (Lipinski definition) is 1. The number of likely N-dealkylation sites (tertiary alicyclic amines) is 1. The van der Waals surface area contributed by atoms with Crippen molar-refractivity contribution in [1.82, 2.24) is 15.1 Å². The van der Waals surface area contributed by atoms with Gasteiger partial charge in [-0.2, -0.15) is 0 Å². The van der Waals surface area contributed by atoms with Crippen LogP contribution < -0.4 is 5.73 Å². The van der Waals surface area contributed by atoms with E-state index in [0.717, 1.165) is 43.8 Å². The number of nitrogens with two attached hydrogens (primary N) is 1. The second-order valence-electron chi connectivity index (χ2n) is 5.66. The van der Waals surface area contributed by atoms with Crippen molar-refractivity contribution in [1.29, 1.82) is 0 Å². The molecule has 0 aromatic carbocycles. The number of aryl methyl sites for hydroxylation is 1. The third-order valence-corrected chi connectivity index (χ3v) is 4.40. The molecule has 2 N–H and O–H groups in total. The highest BCUT2D eigenvalue weighted by Gasteiger charge is 2.38. The van der Waals surface area contributed by atoms with Crippen LogP contribution >= 0.6 is 0 Å². The molecule has 2 fully saturated rings. The molecule has 5 nitrogen and oxygen atoms in total. The van der Waals surface area contributed by atoms with Crippen LogP contribution in [-0.4, -0.2) is 34.2 Å². The lowest BCUT2D eigenvalue weighted by Gasteiger charge is -2.29. The van der Waals surface area contributed by atoms with Crippen LogP contribution in [0.15, 0.2) is 4.42 Å². The lowest BCUT2D eigenvalue weighted by Crippen LogP contribution is -2.38. The molecule has 1 saturated carbocycles. The summed E-state index contributed by atoms with van der Waals surface area (Å²) in [7, 11) is 0. The van der Waals surface area contributed by atoms with Gasteiger partial charge in [-0.3, -0.25) is 4.90 Å². The molecule has 0 radical (unpaired) electrons. The zero-order valence-electron chi connectivity index (χ0n) is 11.0. The van der Waals surface area contributed by atoms with E-state index in [1.165, 1.54) is 19.3 Å². The first-order valence-electron chi connectivity index (χ1n) is 7.05. The van der Waals surface area contributed by atoms with E-state index >= 15 is 0 Å². The highest BCUT2D eigenvalue weighted by atomic mass is 16.4. The van der Waals surface area contributed by atoms with Gasteiger partial charge in [0.25, 0.3) is 0 Å². The van der Waals surface area contributed by atoms with E-state index in [4.69, 9.17) is 10.2 Å². The smallest absolute Gasteiger partial charge is 0.230 e. The number of fused-ring (bicyclic) bond motifs is 1. The summed E-state index contributed by atoms with van der Waals surface area (Å²) in [6.45, 7) is 5.05. The summed E-state index contributed by atoms with van der Waals surface area (Å²) in [4.78, 5) is 2.42. The molecular formula is C13H22N4O. The summed E-state index contributed by atoms with van der Waals surface area (Å²) in [5.41, 5.74) is 6.22. The summed E-state index contributed by atoms with van der Waals surface area (Å²) in [5.74, 6) is 2.94. The fourth-order valence-corrected chi connectivity index (χ4v) is 3.42. The van der Waals surface area contributed by atoms with E-state index in [2.05, 4.69) is 15.1 Å². The van der Waals surface area contributed by atoms with Gasteiger partial charge in [-0.15, -0.1) is 10.2 Å². The third-order valence-electron chi connectivity index (χ3n) is 4.40. The largest absolute Gasteiger partial charge is 0.424 e. The van der Waals surface area contributed by atoms with Crippen molar-refractivity contribution in [2.45, 2.75) is 45.2 Å². The van der Waals surface area contributed by atoms with E-state index in [0.29, 0.717) is 12.0 Å². The zero-order valence-corrected chi connectivity index (χ0v) is 11.0. The average Bonchev–Trinajstić information content (AvgIpc) is 2.96. The first-order chi connectivity index (χ1) is 8.76. The SMILES string of the molecule is CCc1nnc(CN2CC3CCCC(N)C3C2)o1. The predicted molar refractivity (Wildman–Crippen MR) is 67.8 cm³/mol. The van der Waals surface area contributed by atoms with Gasteiger partial charge in [-0.1, -0.05) is 13.3 Å². The van der Waals surface area contributed by atoms with E-state index in [-0.39, 0.29) is 0 Å². The first-order valence-corrected chi connectivity index (χ1v) is 7.05. The number of nitrogens with zero attached hydrogens (tertiary/aromatic N) is 3. The van der Waals surface area contributed by atoms with Crippen LogP contribution in [0.5, 0.6) is 0 Å². The topological polar surface area (TPSA) is 68.2 Å². The van der Waals surface area contributed by atoms with Gasteiger partial charge in [0.2, 0.25) is 11.8 Å². The number of hydrogen-bond acceptors (Lipinski definition) is 5.